The lowest BCUT2D eigenvalue weighted by molar-refractivity contribution is 0.470. The first-order chi connectivity index (χ1) is 10.3. The van der Waals surface area contributed by atoms with Crippen LogP contribution in [0.3, 0.4) is 0 Å². The number of hydrogen-bond acceptors (Lipinski definition) is 3. The summed E-state index contributed by atoms with van der Waals surface area (Å²) >= 11 is 6.22. The van der Waals surface area contributed by atoms with E-state index in [0.717, 1.165) is 17.8 Å². The van der Waals surface area contributed by atoms with Gasteiger partial charge in [-0.25, -0.2) is 17.1 Å². The van der Waals surface area contributed by atoms with E-state index in [2.05, 4.69) is 36.8 Å². The first kappa shape index (κ1) is 17.5. The van der Waals surface area contributed by atoms with Gasteiger partial charge in [0.05, 0.1) is 0 Å². The maximum absolute atomic E-state index is 13.3. The van der Waals surface area contributed by atoms with Gasteiger partial charge in [0.15, 0.2) is 0 Å². The van der Waals surface area contributed by atoms with Crippen LogP contribution in [0.25, 0.3) is 0 Å². The zero-order chi connectivity index (χ0) is 16.3. The highest BCUT2D eigenvalue weighted by Crippen LogP contribution is 2.32. The van der Waals surface area contributed by atoms with Gasteiger partial charge in [0, 0.05) is 40.8 Å². The molecule has 22 heavy (non-hydrogen) atoms. The topological polar surface area (TPSA) is 50.3 Å². The van der Waals surface area contributed by atoms with Crippen LogP contribution < -0.4 is 0 Å². The fraction of sp³-hybridized carbons (Fsp3) is 0.214. The molecule has 4 nitrogen and oxygen atoms in total. The maximum atomic E-state index is 13.3. The average molecular weight is 452 g/mol. The third-order valence-electron chi connectivity index (χ3n) is 3.04. The second kappa shape index (κ2) is 7.16. The van der Waals surface area contributed by atoms with Crippen molar-refractivity contribution < 1.29 is 12.8 Å². The van der Waals surface area contributed by atoms with Gasteiger partial charge in [-0.1, -0.05) is 6.07 Å². The van der Waals surface area contributed by atoms with E-state index in [4.69, 9.17) is 0 Å². The minimum atomic E-state index is -3.74. The fourth-order valence-corrected chi connectivity index (χ4v) is 5.48. The van der Waals surface area contributed by atoms with Gasteiger partial charge < -0.3 is 0 Å². The maximum Gasteiger partial charge on any atom is 0.245 e. The summed E-state index contributed by atoms with van der Waals surface area (Å²) in [6.07, 6.45) is 2.16. The number of sulfonamides is 1. The zero-order valence-corrected chi connectivity index (χ0v) is 15.6. The highest BCUT2D eigenvalue weighted by Gasteiger charge is 2.26. The van der Waals surface area contributed by atoms with E-state index in [-0.39, 0.29) is 20.4 Å². The van der Waals surface area contributed by atoms with Gasteiger partial charge in [-0.05, 0) is 56.1 Å². The van der Waals surface area contributed by atoms with Gasteiger partial charge in [0.1, 0.15) is 10.7 Å². The Kier molecular flexibility index (Phi) is 5.70. The van der Waals surface area contributed by atoms with Crippen molar-refractivity contribution in [2.45, 2.75) is 11.3 Å². The third-order valence-corrected chi connectivity index (χ3v) is 6.77. The van der Waals surface area contributed by atoms with Gasteiger partial charge in [0.2, 0.25) is 10.0 Å². The van der Waals surface area contributed by atoms with Crippen LogP contribution >= 0.6 is 31.9 Å². The van der Waals surface area contributed by atoms with Crippen LogP contribution in [-0.2, 0) is 16.4 Å². The van der Waals surface area contributed by atoms with Gasteiger partial charge >= 0.3 is 0 Å². The summed E-state index contributed by atoms with van der Waals surface area (Å²) in [5.41, 5.74) is 0.807. The molecule has 0 saturated heterocycles. The lowest BCUT2D eigenvalue weighted by Crippen LogP contribution is -2.29. The minimum Gasteiger partial charge on any atom is -0.261 e. The molecule has 0 saturated carbocycles. The molecule has 1 aromatic heterocycles. The van der Waals surface area contributed by atoms with Crippen molar-refractivity contribution in [1.29, 1.82) is 0 Å². The van der Waals surface area contributed by atoms with Crippen molar-refractivity contribution in [1.82, 2.24) is 9.29 Å². The van der Waals surface area contributed by atoms with Crippen LogP contribution in [0.15, 0.2) is 50.4 Å². The van der Waals surface area contributed by atoms with Crippen molar-refractivity contribution >= 4 is 41.9 Å². The van der Waals surface area contributed by atoms with E-state index in [1.807, 2.05) is 12.1 Å². The SMILES string of the molecule is CN(CCc1ccccn1)S(=O)(=O)c1c(Br)cc(F)cc1Br. The van der Waals surface area contributed by atoms with Gasteiger partial charge in [-0.2, -0.15) is 0 Å². The molecule has 0 N–H and O–H groups in total. The normalized spacial score (nSPS) is 11.9. The lowest BCUT2D eigenvalue weighted by atomic mass is 10.3. The minimum absolute atomic E-state index is 0.0115. The summed E-state index contributed by atoms with van der Waals surface area (Å²) in [5.74, 6) is -0.520. The number of likely N-dealkylation sites (N-methyl/N-ethyl adjacent to an activating group) is 1. The zero-order valence-electron chi connectivity index (χ0n) is 11.6. The lowest BCUT2D eigenvalue weighted by Gasteiger charge is -2.19. The molecule has 0 aliphatic heterocycles. The number of hydrogen-bond donors (Lipinski definition) is 0. The van der Waals surface area contributed by atoms with Crippen LogP contribution in [0.5, 0.6) is 0 Å². The molecule has 0 amide bonds. The van der Waals surface area contributed by atoms with Gasteiger partial charge in [-0.3, -0.25) is 4.98 Å². The Labute approximate surface area is 145 Å². The quantitative estimate of drug-likeness (QED) is 0.697. The smallest absolute Gasteiger partial charge is 0.245 e. The molecule has 0 unspecified atom stereocenters. The molecule has 0 bridgehead atoms. The molecule has 2 aromatic rings. The predicted molar refractivity (Wildman–Crippen MR) is 89.6 cm³/mol. The highest BCUT2D eigenvalue weighted by atomic mass is 79.9. The Morgan fingerprint density at radius 1 is 1.23 bits per heavy atom. The molecule has 0 radical (unpaired) electrons. The monoisotopic (exact) mass is 450 g/mol. The van der Waals surface area contributed by atoms with Crippen molar-refractivity contribution in [3.63, 3.8) is 0 Å². The molecule has 0 spiro atoms. The second-order valence-electron chi connectivity index (χ2n) is 4.60. The number of benzene rings is 1. The molecular formula is C14H13Br2FN2O2S. The second-order valence-corrected chi connectivity index (χ2v) is 8.29. The molecule has 8 heteroatoms. The molecule has 2 rings (SSSR count). The van der Waals surface area contributed by atoms with Crippen molar-refractivity contribution in [3.05, 3.63) is 57.0 Å². The van der Waals surface area contributed by atoms with Crippen LogP contribution in [0.2, 0.25) is 0 Å². The summed E-state index contributed by atoms with van der Waals surface area (Å²) in [6.45, 7) is 0.273. The van der Waals surface area contributed by atoms with Crippen LogP contribution in [0, 0.1) is 5.82 Å². The summed E-state index contributed by atoms with van der Waals surface area (Å²) < 4.78 is 40.1. The third kappa shape index (κ3) is 3.92. The van der Waals surface area contributed by atoms with E-state index in [0.29, 0.717) is 6.42 Å². The summed E-state index contributed by atoms with van der Waals surface area (Å²) in [6, 6.07) is 7.75. The Balaban J connectivity index is 2.23. The van der Waals surface area contributed by atoms with E-state index in [1.165, 1.54) is 11.4 Å². The van der Waals surface area contributed by atoms with Crippen molar-refractivity contribution in [2.75, 3.05) is 13.6 Å². The Hall–Kier alpha value is -0.830. The Bertz CT molecular complexity index is 747. The van der Waals surface area contributed by atoms with E-state index < -0.39 is 15.8 Å². The van der Waals surface area contributed by atoms with Gasteiger partial charge in [-0.15, -0.1) is 0 Å². The summed E-state index contributed by atoms with van der Waals surface area (Å²) in [4.78, 5) is 4.17. The van der Waals surface area contributed by atoms with E-state index in [9.17, 15) is 12.8 Å². The number of halogens is 3. The molecule has 0 fully saturated rings. The number of nitrogens with zero attached hydrogens (tertiary/aromatic N) is 2. The number of aromatic nitrogens is 1. The fourth-order valence-electron chi connectivity index (χ4n) is 1.87. The van der Waals surface area contributed by atoms with E-state index >= 15 is 0 Å². The van der Waals surface area contributed by atoms with E-state index in [1.54, 1.807) is 12.3 Å². The molecule has 1 aromatic carbocycles. The molecular weight excluding hydrogens is 439 g/mol. The average Bonchev–Trinajstić information content (AvgIpc) is 2.44. The van der Waals surface area contributed by atoms with Crippen LogP contribution in [-0.4, -0.2) is 31.3 Å². The number of pyridine rings is 1. The summed E-state index contributed by atoms with van der Waals surface area (Å²) in [5, 5.41) is 0. The molecule has 0 aliphatic carbocycles. The largest absolute Gasteiger partial charge is 0.261 e. The van der Waals surface area contributed by atoms with Crippen molar-refractivity contribution in [3.8, 4) is 0 Å². The number of rotatable bonds is 5. The molecule has 0 aliphatic rings. The van der Waals surface area contributed by atoms with Gasteiger partial charge in [0.25, 0.3) is 0 Å². The first-order valence-corrected chi connectivity index (χ1v) is 9.36. The Morgan fingerprint density at radius 3 is 2.41 bits per heavy atom. The standard InChI is InChI=1S/C14H13Br2FN2O2S/c1-19(7-5-11-4-2-3-6-18-11)22(20,21)14-12(15)8-10(17)9-13(14)16/h2-4,6,8-9H,5,7H2,1H3. The Morgan fingerprint density at radius 2 is 1.86 bits per heavy atom. The predicted octanol–water partition coefficient (Wildman–Crippen LogP) is 3.61. The first-order valence-electron chi connectivity index (χ1n) is 6.33. The molecule has 1 heterocycles. The van der Waals surface area contributed by atoms with Crippen LogP contribution in [0.4, 0.5) is 4.39 Å². The summed E-state index contributed by atoms with van der Waals surface area (Å²) in [7, 11) is -2.26. The molecule has 0 atom stereocenters. The highest BCUT2D eigenvalue weighted by molar-refractivity contribution is 9.11. The van der Waals surface area contributed by atoms with Crippen molar-refractivity contribution in [2.24, 2.45) is 0 Å². The van der Waals surface area contributed by atoms with Crippen LogP contribution in [0.1, 0.15) is 5.69 Å². The molecule has 118 valence electrons.